The summed E-state index contributed by atoms with van der Waals surface area (Å²) in [6.45, 7) is -0.0640. The highest BCUT2D eigenvalue weighted by molar-refractivity contribution is 7.92. The molecule has 0 saturated carbocycles. The van der Waals surface area contributed by atoms with Crippen molar-refractivity contribution in [3.05, 3.63) is 84.4 Å². The lowest BCUT2D eigenvalue weighted by molar-refractivity contribution is -0.122. The molecule has 0 bridgehead atoms. The van der Waals surface area contributed by atoms with Gasteiger partial charge in [0.2, 0.25) is 11.8 Å². The molecule has 4 rings (SSSR count). The zero-order valence-electron chi connectivity index (χ0n) is 17.2. The second-order valence-electron chi connectivity index (χ2n) is 7.49. The van der Waals surface area contributed by atoms with Gasteiger partial charge in [-0.2, -0.15) is 0 Å². The Labute approximate surface area is 189 Å². The van der Waals surface area contributed by atoms with Gasteiger partial charge in [0.15, 0.2) is 0 Å². The van der Waals surface area contributed by atoms with Crippen LogP contribution in [0.4, 0.5) is 25.8 Å². The average Bonchev–Trinajstić information content (AvgIpc) is 3.17. The minimum atomic E-state index is -3.89. The molecule has 1 heterocycles. The highest BCUT2D eigenvalue weighted by Crippen LogP contribution is 2.29. The van der Waals surface area contributed by atoms with Crippen LogP contribution in [0.2, 0.25) is 0 Å². The number of nitrogens with one attached hydrogen (secondary N) is 2. The lowest BCUT2D eigenvalue weighted by Gasteiger charge is -2.18. The van der Waals surface area contributed by atoms with Crippen molar-refractivity contribution < 1.29 is 26.8 Å². The molecule has 1 saturated heterocycles. The van der Waals surface area contributed by atoms with E-state index in [0.717, 1.165) is 17.0 Å². The topological polar surface area (TPSA) is 95.6 Å². The van der Waals surface area contributed by atoms with Crippen LogP contribution in [0, 0.1) is 17.6 Å². The summed E-state index contributed by atoms with van der Waals surface area (Å²) >= 11 is 0. The molecule has 0 aromatic heterocycles. The van der Waals surface area contributed by atoms with Crippen LogP contribution in [0.5, 0.6) is 0 Å². The Balaban J connectivity index is 1.50. The van der Waals surface area contributed by atoms with Crippen molar-refractivity contribution in [1.82, 2.24) is 0 Å². The second-order valence-corrected chi connectivity index (χ2v) is 9.17. The molecule has 3 aromatic carbocycles. The second kappa shape index (κ2) is 8.99. The number of benzene rings is 3. The maximum atomic E-state index is 13.5. The van der Waals surface area contributed by atoms with Gasteiger partial charge < -0.3 is 10.2 Å². The predicted molar refractivity (Wildman–Crippen MR) is 119 cm³/mol. The zero-order valence-corrected chi connectivity index (χ0v) is 18.0. The molecule has 3 aromatic rings. The minimum Gasteiger partial charge on any atom is -0.324 e. The first kappa shape index (κ1) is 22.4. The molecule has 0 radical (unpaired) electrons. The molecule has 7 nitrogen and oxygen atoms in total. The largest absolute Gasteiger partial charge is 0.324 e. The van der Waals surface area contributed by atoms with Gasteiger partial charge in [-0.3, -0.25) is 14.3 Å². The molecule has 33 heavy (non-hydrogen) atoms. The van der Waals surface area contributed by atoms with Crippen molar-refractivity contribution in [3.63, 3.8) is 0 Å². The molecular formula is C23H19F2N3O4S. The smallest absolute Gasteiger partial charge is 0.261 e. The average molecular weight is 471 g/mol. The van der Waals surface area contributed by atoms with E-state index in [1.807, 2.05) is 0 Å². The predicted octanol–water partition coefficient (Wildman–Crippen LogP) is 3.76. The van der Waals surface area contributed by atoms with Gasteiger partial charge in [-0.15, -0.1) is 0 Å². The highest BCUT2D eigenvalue weighted by Gasteiger charge is 2.35. The molecule has 0 aliphatic carbocycles. The fourth-order valence-corrected chi connectivity index (χ4v) is 4.65. The van der Waals surface area contributed by atoms with E-state index in [2.05, 4.69) is 10.0 Å². The van der Waals surface area contributed by atoms with Crippen LogP contribution in [0.15, 0.2) is 77.7 Å². The first-order valence-corrected chi connectivity index (χ1v) is 11.5. The molecule has 1 aliphatic heterocycles. The lowest BCUT2D eigenvalue weighted by Crippen LogP contribution is -2.28. The number of hydrogen-bond acceptors (Lipinski definition) is 4. The number of halogens is 2. The Morgan fingerprint density at radius 3 is 2.18 bits per heavy atom. The normalized spacial score (nSPS) is 16.0. The van der Waals surface area contributed by atoms with Gasteiger partial charge in [0.1, 0.15) is 11.6 Å². The molecule has 1 fully saturated rings. The Kier molecular flexibility index (Phi) is 6.10. The van der Waals surface area contributed by atoms with E-state index in [4.69, 9.17) is 0 Å². The number of carbonyl (C=O) groups excluding carboxylic acids is 2. The third-order valence-corrected chi connectivity index (χ3v) is 6.52. The number of rotatable bonds is 6. The Hall–Kier alpha value is -3.79. The summed E-state index contributed by atoms with van der Waals surface area (Å²) in [5.41, 5.74) is 0.400. The van der Waals surface area contributed by atoms with Gasteiger partial charge in [0, 0.05) is 24.7 Å². The van der Waals surface area contributed by atoms with Gasteiger partial charge in [0.05, 0.1) is 22.2 Å². The van der Waals surface area contributed by atoms with Crippen molar-refractivity contribution in [2.24, 2.45) is 5.92 Å². The molecule has 1 aliphatic rings. The van der Waals surface area contributed by atoms with Gasteiger partial charge in [-0.25, -0.2) is 17.2 Å². The maximum absolute atomic E-state index is 13.5. The Bertz CT molecular complexity index is 1300. The first-order valence-electron chi connectivity index (χ1n) is 9.97. The summed E-state index contributed by atoms with van der Waals surface area (Å²) in [5, 5.41) is 2.65. The Morgan fingerprint density at radius 2 is 1.52 bits per heavy atom. The first-order chi connectivity index (χ1) is 15.7. The van der Waals surface area contributed by atoms with Crippen molar-refractivity contribution in [3.8, 4) is 0 Å². The van der Waals surface area contributed by atoms with E-state index in [-0.39, 0.29) is 34.9 Å². The number of anilines is 3. The molecule has 2 N–H and O–H groups in total. The quantitative estimate of drug-likeness (QED) is 0.572. The number of sulfonamides is 1. The number of amides is 2. The van der Waals surface area contributed by atoms with Crippen LogP contribution in [-0.4, -0.2) is 26.8 Å². The van der Waals surface area contributed by atoms with Crippen LogP contribution in [0.1, 0.15) is 6.42 Å². The summed E-state index contributed by atoms with van der Waals surface area (Å²) in [4.78, 5) is 26.4. The lowest BCUT2D eigenvalue weighted by atomic mass is 10.1. The van der Waals surface area contributed by atoms with Crippen molar-refractivity contribution in [2.45, 2.75) is 11.3 Å². The molecule has 10 heteroatoms. The number of para-hydroxylation sites is 2. The minimum absolute atomic E-state index is 0.0313. The Morgan fingerprint density at radius 1 is 0.909 bits per heavy atom. The summed E-state index contributed by atoms with van der Waals surface area (Å²) in [6.07, 6.45) is -0.151. The number of carbonyl (C=O) groups is 2. The van der Waals surface area contributed by atoms with E-state index in [1.54, 1.807) is 30.3 Å². The molecule has 170 valence electrons. The monoisotopic (exact) mass is 471 g/mol. The fourth-order valence-electron chi connectivity index (χ4n) is 3.55. The third kappa shape index (κ3) is 5.01. The van der Waals surface area contributed by atoms with Crippen molar-refractivity contribution in [1.29, 1.82) is 0 Å². The van der Waals surface area contributed by atoms with Crippen LogP contribution in [0.25, 0.3) is 0 Å². The maximum Gasteiger partial charge on any atom is 0.261 e. The van der Waals surface area contributed by atoms with E-state index < -0.39 is 39.4 Å². The highest BCUT2D eigenvalue weighted by atomic mass is 32.2. The van der Waals surface area contributed by atoms with Gasteiger partial charge in [-0.05, 0) is 36.4 Å². The summed E-state index contributed by atoms with van der Waals surface area (Å²) < 4.78 is 54.8. The van der Waals surface area contributed by atoms with Gasteiger partial charge in [0.25, 0.3) is 10.0 Å². The standard InChI is InChI=1S/C23H19F2N3O4S/c24-16-11-17(25)13-18(12-16)28-14-15(10-22(28)29)23(30)26-20-8-4-5-9-21(20)27-33(31,32)19-6-2-1-3-7-19/h1-9,11-13,15,27H,10,14H2,(H,26,30). The molecule has 1 atom stereocenters. The summed E-state index contributed by atoms with van der Waals surface area (Å²) in [7, 11) is -3.89. The van der Waals surface area contributed by atoms with Gasteiger partial charge in [-0.1, -0.05) is 30.3 Å². The number of hydrogen-bond donors (Lipinski definition) is 2. The van der Waals surface area contributed by atoms with E-state index in [9.17, 15) is 26.8 Å². The van der Waals surface area contributed by atoms with Crippen LogP contribution in [-0.2, 0) is 19.6 Å². The van der Waals surface area contributed by atoms with Crippen LogP contribution < -0.4 is 14.9 Å². The van der Waals surface area contributed by atoms with Crippen LogP contribution >= 0.6 is 0 Å². The SMILES string of the molecule is O=C(Nc1ccccc1NS(=O)(=O)c1ccccc1)C1CC(=O)N(c2cc(F)cc(F)c2)C1. The molecule has 2 amide bonds. The molecule has 0 spiro atoms. The van der Waals surface area contributed by atoms with Crippen LogP contribution in [0.3, 0.4) is 0 Å². The summed E-state index contributed by atoms with van der Waals surface area (Å²) in [6, 6.07) is 16.8. The molecular weight excluding hydrogens is 452 g/mol. The van der Waals surface area contributed by atoms with Crippen molar-refractivity contribution in [2.75, 3.05) is 21.5 Å². The number of nitrogens with zero attached hydrogens (tertiary/aromatic N) is 1. The van der Waals surface area contributed by atoms with E-state index >= 15 is 0 Å². The fraction of sp³-hybridized carbons (Fsp3) is 0.130. The van der Waals surface area contributed by atoms with E-state index in [1.165, 1.54) is 24.3 Å². The van der Waals surface area contributed by atoms with Gasteiger partial charge >= 0.3 is 0 Å². The van der Waals surface area contributed by atoms with Crippen molar-refractivity contribution >= 4 is 38.9 Å². The van der Waals surface area contributed by atoms with E-state index in [0.29, 0.717) is 6.07 Å². The molecule has 1 unspecified atom stereocenters. The summed E-state index contributed by atoms with van der Waals surface area (Å²) in [5.74, 6) is -3.41. The zero-order chi connectivity index (χ0) is 23.6. The third-order valence-electron chi connectivity index (χ3n) is 5.14.